The van der Waals surface area contributed by atoms with Crippen LogP contribution in [0.25, 0.3) is 0 Å². The van der Waals surface area contributed by atoms with E-state index >= 15 is 0 Å². The first-order chi connectivity index (χ1) is 8.58. The molecule has 2 N–H and O–H groups in total. The number of aromatic nitrogens is 2. The van der Waals surface area contributed by atoms with E-state index in [1.54, 1.807) is 11.8 Å². The Kier molecular flexibility index (Phi) is 4.19. The van der Waals surface area contributed by atoms with Crippen LogP contribution >= 0.6 is 23.4 Å². The summed E-state index contributed by atoms with van der Waals surface area (Å²) >= 11 is 7.73. The standard InChI is InChI=1S/C13H16ClN3S/c1-9(2)17-8-16-6-10(17)7-18-11-3-4-13(15)12(14)5-11/h3-6,8-9H,7,15H2,1-2H3. The minimum absolute atomic E-state index is 0.429. The average molecular weight is 282 g/mol. The third-order valence-corrected chi connectivity index (χ3v) is 4.02. The van der Waals surface area contributed by atoms with Crippen LogP contribution in [0.15, 0.2) is 35.6 Å². The molecule has 3 nitrogen and oxygen atoms in total. The van der Waals surface area contributed by atoms with E-state index in [9.17, 15) is 0 Å². The van der Waals surface area contributed by atoms with Gasteiger partial charge < -0.3 is 10.3 Å². The van der Waals surface area contributed by atoms with Crippen molar-refractivity contribution in [1.29, 1.82) is 0 Å². The summed E-state index contributed by atoms with van der Waals surface area (Å²) < 4.78 is 2.17. The van der Waals surface area contributed by atoms with Crippen LogP contribution in [-0.2, 0) is 5.75 Å². The van der Waals surface area contributed by atoms with Crippen LogP contribution in [-0.4, -0.2) is 9.55 Å². The zero-order chi connectivity index (χ0) is 13.1. The monoisotopic (exact) mass is 281 g/mol. The second-order valence-corrected chi connectivity index (χ2v) is 5.81. The minimum atomic E-state index is 0.429. The number of hydrogen-bond acceptors (Lipinski definition) is 3. The Labute approximate surface area is 116 Å². The molecule has 0 radical (unpaired) electrons. The van der Waals surface area contributed by atoms with E-state index in [1.807, 2.05) is 30.7 Å². The van der Waals surface area contributed by atoms with Crippen LogP contribution in [0.5, 0.6) is 0 Å². The second kappa shape index (κ2) is 5.67. The smallest absolute Gasteiger partial charge is 0.0950 e. The first kappa shape index (κ1) is 13.3. The van der Waals surface area contributed by atoms with Gasteiger partial charge in [-0.3, -0.25) is 0 Å². The SMILES string of the molecule is CC(C)n1cncc1CSc1ccc(N)c(Cl)c1. The highest BCUT2D eigenvalue weighted by atomic mass is 35.5. The zero-order valence-electron chi connectivity index (χ0n) is 10.4. The number of thioether (sulfide) groups is 1. The third kappa shape index (κ3) is 3.00. The van der Waals surface area contributed by atoms with Crippen LogP contribution in [0.1, 0.15) is 25.6 Å². The summed E-state index contributed by atoms with van der Waals surface area (Å²) in [4.78, 5) is 5.31. The molecule has 0 bridgehead atoms. The maximum absolute atomic E-state index is 6.00. The van der Waals surface area contributed by atoms with Crippen LogP contribution in [0.3, 0.4) is 0 Å². The molecule has 0 atom stereocenters. The predicted molar refractivity (Wildman–Crippen MR) is 78.0 cm³/mol. The van der Waals surface area contributed by atoms with E-state index in [-0.39, 0.29) is 0 Å². The maximum atomic E-state index is 6.00. The molecule has 2 aromatic rings. The van der Waals surface area contributed by atoms with Gasteiger partial charge in [0, 0.05) is 28.6 Å². The molecule has 96 valence electrons. The fourth-order valence-corrected chi connectivity index (χ4v) is 2.81. The van der Waals surface area contributed by atoms with E-state index in [2.05, 4.69) is 23.4 Å². The Morgan fingerprint density at radius 3 is 2.89 bits per heavy atom. The summed E-state index contributed by atoms with van der Waals surface area (Å²) in [5.74, 6) is 0.873. The first-order valence-corrected chi connectivity index (χ1v) is 7.13. The van der Waals surface area contributed by atoms with Crippen molar-refractivity contribution >= 4 is 29.1 Å². The molecule has 0 fully saturated rings. The summed E-state index contributed by atoms with van der Waals surface area (Å²) in [7, 11) is 0. The van der Waals surface area contributed by atoms with Gasteiger partial charge in [0.15, 0.2) is 0 Å². The molecule has 0 aliphatic carbocycles. The quantitative estimate of drug-likeness (QED) is 0.681. The Morgan fingerprint density at radius 1 is 1.44 bits per heavy atom. The fraction of sp³-hybridized carbons (Fsp3) is 0.308. The van der Waals surface area contributed by atoms with Crippen LogP contribution < -0.4 is 5.73 Å². The Bertz CT molecular complexity index is 537. The normalized spacial score (nSPS) is 11.1. The lowest BCUT2D eigenvalue weighted by Crippen LogP contribution is -2.02. The molecular weight excluding hydrogens is 266 g/mol. The summed E-state index contributed by atoms with van der Waals surface area (Å²) in [6.07, 6.45) is 3.78. The van der Waals surface area contributed by atoms with Crippen molar-refractivity contribution in [3.63, 3.8) is 0 Å². The number of nitrogens with two attached hydrogens (primary N) is 1. The molecule has 0 aliphatic rings. The lowest BCUT2D eigenvalue weighted by atomic mass is 10.3. The van der Waals surface area contributed by atoms with Gasteiger partial charge in [0.1, 0.15) is 0 Å². The Morgan fingerprint density at radius 2 is 2.22 bits per heavy atom. The number of halogens is 1. The van der Waals surface area contributed by atoms with Crippen molar-refractivity contribution in [3.8, 4) is 0 Å². The van der Waals surface area contributed by atoms with E-state index in [0.29, 0.717) is 16.8 Å². The molecular formula is C13H16ClN3S. The second-order valence-electron chi connectivity index (χ2n) is 4.36. The molecule has 1 aromatic carbocycles. The van der Waals surface area contributed by atoms with Crippen LogP contribution in [0, 0.1) is 0 Å². The molecule has 1 aromatic heterocycles. The molecule has 1 heterocycles. The van der Waals surface area contributed by atoms with Crippen molar-refractivity contribution < 1.29 is 0 Å². The molecule has 5 heteroatoms. The van der Waals surface area contributed by atoms with Crippen molar-refractivity contribution in [3.05, 3.63) is 41.4 Å². The Hall–Kier alpha value is -1.13. The number of rotatable bonds is 4. The lowest BCUT2D eigenvalue weighted by molar-refractivity contribution is 0.584. The first-order valence-electron chi connectivity index (χ1n) is 5.76. The number of anilines is 1. The third-order valence-electron chi connectivity index (χ3n) is 2.66. The molecule has 0 amide bonds. The van der Waals surface area contributed by atoms with Gasteiger partial charge in [-0.05, 0) is 32.0 Å². The van der Waals surface area contributed by atoms with Gasteiger partial charge in [0.2, 0.25) is 0 Å². The van der Waals surface area contributed by atoms with Crippen molar-refractivity contribution in [2.24, 2.45) is 0 Å². The maximum Gasteiger partial charge on any atom is 0.0950 e. The van der Waals surface area contributed by atoms with Gasteiger partial charge in [0.25, 0.3) is 0 Å². The summed E-state index contributed by atoms with van der Waals surface area (Å²) in [5.41, 5.74) is 7.52. The number of hydrogen-bond donors (Lipinski definition) is 1. The van der Waals surface area contributed by atoms with E-state index in [4.69, 9.17) is 17.3 Å². The summed E-state index contributed by atoms with van der Waals surface area (Å²) in [6, 6.07) is 6.16. The summed E-state index contributed by atoms with van der Waals surface area (Å²) in [5, 5.41) is 0.609. The van der Waals surface area contributed by atoms with E-state index < -0.39 is 0 Å². The predicted octanol–water partition coefficient (Wildman–Crippen LogP) is 3.99. The van der Waals surface area contributed by atoms with Crippen LogP contribution in [0.4, 0.5) is 5.69 Å². The zero-order valence-corrected chi connectivity index (χ0v) is 12.0. The molecule has 0 saturated carbocycles. The van der Waals surface area contributed by atoms with E-state index in [1.165, 1.54) is 5.69 Å². The number of nitrogen functional groups attached to an aromatic ring is 1. The molecule has 2 rings (SSSR count). The van der Waals surface area contributed by atoms with Gasteiger partial charge in [-0.25, -0.2) is 4.98 Å². The highest BCUT2D eigenvalue weighted by molar-refractivity contribution is 7.98. The summed E-state index contributed by atoms with van der Waals surface area (Å²) in [6.45, 7) is 4.30. The fourth-order valence-electron chi connectivity index (χ4n) is 1.66. The van der Waals surface area contributed by atoms with Crippen molar-refractivity contribution in [2.45, 2.75) is 30.5 Å². The molecule has 0 unspecified atom stereocenters. The number of benzene rings is 1. The largest absolute Gasteiger partial charge is 0.398 e. The molecule has 0 spiro atoms. The average Bonchev–Trinajstić information content (AvgIpc) is 2.79. The highest BCUT2D eigenvalue weighted by Crippen LogP contribution is 2.28. The van der Waals surface area contributed by atoms with Gasteiger partial charge in [0.05, 0.1) is 17.0 Å². The van der Waals surface area contributed by atoms with Gasteiger partial charge in [-0.2, -0.15) is 0 Å². The molecule has 0 aliphatic heterocycles. The highest BCUT2D eigenvalue weighted by Gasteiger charge is 2.06. The molecule has 18 heavy (non-hydrogen) atoms. The van der Waals surface area contributed by atoms with Gasteiger partial charge in [-0.1, -0.05) is 11.6 Å². The number of imidazole rings is 1. The number of nitrogens with zero attached hydrogens (tertiary/aromatic N) is 2. The van der Waals surface area contributed by atoms with Crippen molar-refractivity contribution in [1.82, 2.24) is 9.55 Å². The Balaban J connectivity index is 2.07. The molecule has 0 saturated heterocycles. The lowest BCUT2D eigenvalue weighted by Gasteiger charge is -2.11. The van der Waals surface area contributed by atoms with E-state index in [0.717, 1.165) is 10.6 Å². The van der Waals surface area contributed by atoms with Crippen LogP contribution in [0.2, 0.25) is 5.02 Å². The van der Waals surface area contributed by atoms with Gasteiger partial charge >= 0.3 is 0 Å². The van der Waals surface area contributed by atoms with Gasteiger partial charge in [-0.15, -0.1) is 11.8 Å². The van der Waals surface area contributed by atoms with Crippen molar-refractivity contribution in [2.75, 3.05) is 5.73 Å². The topological polar surface area (TPSA) is 43.8 Å². The minimum Gasteiger partial charge on any atom is -0.398 e.